The van der Waals surface area contributed by atoms with Gasteiger partial charge in [0.25, 0.3) is 0 Å². The van der Waals surface area contributed by atoms with E-state index in [2.05, 4.69) is 85.2 Å². The van der Waals surface area contributed by atoms with E-state index in [1.807, 2.05) is 0 Å². The average molecular weight is 261 g/mol. The Morgan fingerprint density at radius 3 is 2.55 bits per heavy atom. The maximum atomic E-state index is 3.42. The zero-order valence-electron chi connectivity index (χ0n) is 11.7. The zero-order chi connectivity index (χ0) is 13.8. The monoisotopic (exact) mass is 261 g/mol. The summed E-state index contributed by atoms with van der Waals surface area (Å²) in [5.74, 6) is 0. The van der Waals surface area contributed by atoms with Crippen molar-refractivity contribution in [3.63, 3.8) is 0 Å². The van der Waals surface area contributed by atoms with Gasteiger partial charge in [-0.05, 0) is 47.0 Å². The van der Waals surface area contributed by atoms with E-state index < -0.39 is 0 Å². The molecule has 3 rings (SSSR count). The Hall–Kier alpha value is -2.28. The second-order valence-corrected chi connectivity index (χ2v) is 5.06. The third-order valence-electron chi connectivity index (χ3n) is 3.72. The van der Waals surface area contributed by atoms with Gasteiger partial charge in [-0.1, -0.05) is 61.5 Å². The molecule has 1 atom stereocenters. The largest absolute Gasteiger partial charge is 0.381 e. The summed E-state index contributed by atoms with van der Waals surface area (Å²) in [6.45, 7) is 2.19. The van der Waals surface area contributed by atoms with Gasteiger partial charge in [-0.25, -0.2) is 0 Å². The van der Waals surface area contributed by atoms with Crippen LogP contribution < -0.4 is 5.32 Å². The third kappa shape index (κ3) is 2.67. The van der Waals surface area contributed by atoms with Crippen LogP contribution in [0.25, 0.3) is 11.1 Å². The molecule has 0 fully saturated rings. The van der Waals surface area contributed by atoms with Crippen LogP contribution in [0.4, 0.5) is 0 Å². The van der Waals surface area contributed by atoms with Gasteiger partial charge in [0.05, 0.1) is 6.04 Å². The Balaban J connectivity index is 1.92. The molecule has 2 aromatic rings. The van der Waals surface area contributed by atoms with Crippen LogP contribution in [0.2, 0.25) is 0 Å². The maximum Gasteiger partial charge on any atom is 0.0698 e. The van der Waals surface area contributed by atoms with E-state index in [-0.39, 0.29) is 6.04 Å². The summed E-state index contributed by atoms with van der Waals surface area (Å²) in [7, 11) is 0. The van der Waals surface area contributed by atoms with Gasteiger partial charge in [-0.15, -0.1) is 0 Å². The molecule has 2 aromatic carbocycles. The van der Waals surface area contributed by atoms with Crippen molar-refractivity contribution >= 4 is 0 Å². The fourth-order valence-corrected chi connectivity index (χ4v) is 2.55. The lowest BCUT2D eigenvalue weighted by atomic mass is 9.96. The highest BCUT2D eigenvalue weighted by molar-refractivity contribution is 5.64. The van der Waals surface area contributed by atoms with Gasteiger partial charge in [-0.2, -0.15) is 0 Å². The molecule has 0 bridgehead atoms. The van der Waals surface area contributed by atoms with Crippen molar-refractivity contribution in [2.75, 3.05) is 0 Å². The molecule has 0 amide bonds. The second kappa shape index (κ2) is 5.79. The molecule has 0 aliphatic carbocycles. The third-order valence-corrected chi connectivity index (χ3v) is 3.72. The minimum atomic E-state index is 0.276. The average Bonchev–Trinajstić information content (AvgIpc) is 2.56. The van der Waals surface area contributed by atoms with E-state index >= 15 is 0 Å². The Kier molecular flexibility index (Phi) is 3.69. The van der Waals surface area contributed by atoms with Crippen molar-refractivity contribution in [2.24, 2.45) is 0 Å². The number of benzene rings is 2. The lowest BCUT2D eigenvalue weighted by Crippen LogP contribution is -2.16. The van der Waals surface area contributed by atoms with Crippen LogP contribution in [0.15, 0.2) is 78.5 Å². The van der Waals surface area contributed by atoms with Crippen molar-refractivity contribution in [3.8, 4) is 11.1 Å². The van der Waals surface area contributed by atoms with Crippen molar-refractivity contribution in [1.29, 1.82) is 0 Å². The van der Waals surface area contributed by atoms with Crippen LogP contribution in [0, 0.1) is 0 Å². The highest BCUT2D eigenvalue weighted by atomic mass is 14.9. The molecule has 1 heterocycles. The molecule has 1 aliphatic rings. The second-order valence-electron chi connectivity index (χ2n) is 5.06. The minimum absolute atomic E-state index is 0.276. The summed E-state index contributed by atoms with van der Waals surface area (Å²) < 4.78 is 0. The number of dihydropyridines is 1. The van der Waals surface area contributed by atoms with E-state index in [4.69, 9.17) is 0 Å². The van der Waals surface area contributed by atoms with Gasteiger partial charge in [0, 0.05) is 0 Å². The van der Waals surface area contributed by atoms with Crippen molar-refractivity contribution in [2.45, 2.75) is 19.4 Å². The number of rotatable bonds is 3. The lowest BCUT2D eigenvalue weighted by molar-refractivity contribution is 0.734. The van der Waals surface area contributed by atoms with Gasteiger partial charge in [0.15, 0.2) is 0 Å². The SMILES string of the molecule is CCC1=CC(c2cccc(-c3ccccc3)c2)NC=C1. The Bertz CT molecular complexity index is 638. The van der Waals surface area contributed by atoms with Crippen LogP contribution in [0.5, 0.6) is 0 Å². The number of hydrogen-bond acceptors (Lipinski definition) is 1. The summed E-state index contributed by atoms with van der Waals surface area (Å²) in [6.07, 6.45) is 7.59. The van der Waals surface area contributed by atoms with E-state index in [1.165, 1.54) is 22.3 Å². The molecule has 100 valence electrons. The fraction of sp³-hybridized carbons (Fsp3) is 0.158. The van der Waals surface area contributed by atoms with Gasteiger partial charge in [0.2, 0.25) is 0 Å². The van der Waals surface area contributed by atoms with Crippen LogP contribution >= 0.6 is 0 Å². The molecule has 0 aromatic heterocycles. The van der Waals surface area contributed by atoms with Gasteiger partial charge in [-0.3, -0.25) is 0 Å². The number of allylic oxidation sites excluding steroid dienone is 2. The maximum absolute atomic E-state index is 3.42. The highest BCUT2D eigenvalue weighted by Crippen LogP contribution is 2.26. The predicted octanol–water partition coefficient (Wildman–Crippen LogP) is 4.85. The summed E-state index contributed by atoms with van der Waals surface area (Å²) >= 11 is 0. The van der Waals surface area contributed by atoms with Crippen molar-refractivity contribution < 1.29 is 0 Å². The van der Waals surface area contributed by atoms with Gasteiger partial charge >= 0.3 is 0 Å². The van der Waals surface area contributed by atoms with E-state index in [0.717, 1.165) is 6.42 Å². The van der Waals surface area contributed by atoms with Crippen molar-refractivity contribution in [1.82, 2.24) is 5.32 Å². The van der Waals surface area contributed by atoms with Gasteiger partial charge < -0.3 is 5.32 Å². The lowest BCUT2D eigenvalue weighted by Gasteiger charge is -2.19. The van der Waals surface area contributed by atoms with Crippen LogP contribution in [0.1, 0.15) is 24.9 Å². The minimum Gasteiger partial charge on any atom is -0.381 e. The molecular weight excluding hydrogens is 242 g/mol. The smallest absolute Gasteiger partial charge is 0.0698 e. The molecular formula is C19H19N. The summed E-state index contributed by atoms with van der Waals surface area (Å²) in [5, 5.41) is 3.42. The Morgan fingerprint density at radius 2 is 1.75 bits per heavy atom. The number of hydrogen-bond donors (Lipinski definition) is 1. The molecule has 1 nitrogen and oxygen atoms in total. The summed E-state index contributed by atoms with van der Waals surface area (Å²) in [5.41, 5.74) is 5.23. The Labute approximate surface area is 120 Å². The first-order valence-corrected chi connectivity index (χ1v) is 7.15. The topological polar surface area (TPSA) is 12.0 Å². The van der Waals surface area contributed by atoms with Gasteiger partial charge in [0.1, 0.15) is 0 Å². The summed E-state index contributed by atoms with van der Waals surface area (Å²) in [6, 6.07) is 19.6. The van der Waals surface area contributed by atoms with Crippen LogP contribution in [-0.2, 0) is 0 Å². The molecule has 20 heavy (non-hydrogen) atoms. The van der Waals surface area contributed by atoms with Crippen LogP contribution in [-0.4, -0.2) is 0 Å². The normalized spacial score (nSPS) is 17.4. The van der Waals surface area contributed by atoms with E-state index in [9.17, 15) is 0 Å². The molecule has 0 radical (unpaired) electrons. The molecule has 1 unspecified atom stereocenters. The standard InChI is InChI=1S/C19H19N/c1-2-15-11-12-20-19(13-15)18-10-6-9-17(14-18)16-7-4-3-5-8-16/h3-14,19-20H,2H2,1H3. The first-order chi connectivity index (χ1) is 9.86. The quantitative estimate of drug-likeness (QED) is 0.833. The first-order valence-electron chi connectivity index (χ1n) is 7.15. The molecule has 1 aliphatic heterocycles. The molecule has 1 N–H and O–H groups in total. The Morgan fingerprint density at radius 1 is 0.950 bits per heavy atom. The number of nitrogens with one attached hydrogen (secondary N) is 1. The predicted molar refractivity (Wildman–Crippen MR) is 85.3 cm³/mol. The van der Waals surface area contributed by atoms with Crippen LogP contribution in [0.3, 0.4) is 0 Å². The highest BCUT2D eigenvalue weighted by Gasteiger charge is 2.11. The first kappa shape index (κ1) is 12.7. The van der Waals surface area contributed by atoms with E-state index in [1.54, 1.807) is 0 Å². The molecule has 0 spiro atoms. The summed E-state index contributed by atoms with van der Waals surface area (Å²) in [4.78, 5) is 0. The molecule has 0 saturated heterocycles. The zero-order valence-corrected chi connectivity index (χ0v) is 11.7. The molecule has 0 saturated carbocycles. The fourth-order valence-electron chi connectivity index (χ4n) is 2.55. The van der Waals surface area contributed by atoms with E-state index in [0.29, 0.717) is 0 Å². The van der Waals surface area contributed by atoms with Crippen molar-refractivity contribution in [3.05, 3.63) is 84.1 Å². The molecule has 1 heteroatoms.